The Hall–Kier alpha value is -0.870. The molecule has 4 rings (SSSR count). The van der Waals surface area contributed by atoms with Gasteiger partial charge in [-0.15, -0.1) is 11.3 Å². The molecule has 1 aromatic heterocycles. The first-order valence-electron chi connectivity index (χ1n) is 7.96. The molecule has 1 aromatic rings. The van der Waals surface area contributed by atoms with E-state index in [4.69, 9.17) is 0 Å². The van der Waals surface area contributed by atoms with Gasteiger partial charge in [0, 0.05) is 30.6 Å². The van der Waals surface area contributed by atoms with Crippen LogP contribution in [0.25, 0.3) is 0 Å². The minimum atomic E-state index is 0.288. The third-order valence-electron chi connectivity index (χ3n) is 5.08. The molecule has 4 heteroatoms. The summed E-state index contributed by atoms with van der Waals surface area (Å²) in [6.07, 6.45) is 7.52. The van der Waals surface area contributed by atoms with Gasteiger partial charge in [-0.25, -0.2) is 0 Å². The van der Waals surface area contributed by atoms with E-state index in [0.29, 0.717) is 6.04 Å². The van der Waals surface area contributed by atoms with Crippen LogP contribution in [0.15, 0.2) is 6.07 Å². The largest absolute Gasteiger partial charge is 0.335 e. The van der Waals surface area contributed by atoms with Crippen molar-refractivity contribution in [2.45, 2.75) is 44.6 Å². The summed E-state index contributed by atoms with van der Waals surface area (Å²) in [5.74, 6) is 0.288. The van der Waals surface area contributed by atoms with Gasteiger partial charge in [0.2, 0.25) is 0 Å². The predicted octanol–water partition coefficient (Wildman–Crippen LogP) is 2.55. The van der Waals surface area contributed by atoms with E-state index in [9.17, 15) is 4.79 Å². The molecule has 0 radical (unpaired) electrons. The number of piperazine rings is 1. The molecule has 1 amide bonds. The summed E-state index contributed by atoms with van der Waals surface area (Å²) in [5.41, 5.74) is 1.45. The predicted molar refractivity (Wildman–Crippen MR) is 81.5 cm³/mol. The summed E-state index contributed by atoms with van der Waals surface area (Å²) in [7, 11) is 0. The highest BCUT2D eigenvalue weighted by Gasteiger charge is 2.33. The van der Waals surface area contributed by atoms with E-state index in [1.54, 1.807) is 11.3 Å². The first-order chi connectivity index (χ1) is 9.81. The molecule has 2 fully saturated rings. The lowest BCUT2D eigenvalue weighted by atomic mass is 9.99. The van der Waals surface area contributed by atoms with Crippen LogP contribution in [-0.2, 0) is 12.8 Å². The van der Waals surface area contributed by atoms with Gasteiger partial charge in [0.15, 0.2) is 0 Å². The van der Waals surface area contributed by atoms with Crippen LogP contribution in [0.5, 0.6) is 0 Å². The topological polar surface area (TPSA) is 23.6 Å². The van der Waals surface area contributed by atoms with Gasteiger partial charge in [-0.2, -0.15) is 0 Å². The molecule has 2 aliphatic heterocycles. The van der Waals surface area contributed by atoms with Gasteiger partial charge in [0.25, 0.3) is 5.91 Å². The molecule has 0 unspecified atom stereocenters. The van der Waals surface area contributed by atoms with Gasteiger partial charge < -0.3 is 4.90 Å². The number of fused-ring (bicyclic) bond motifs is 2. The SMILES string of the molecule is O=C(c1cc2c(s1)CCCC2)N1CCN2CCC[C@@H]2C1. The highest BCUT2D eigenvalue weighted by Crippen LogP contribution is 2.31. The van der Waals surface area contributed by atoms with Crippen LogP contribution in [0, 0.1) is 0 Å². The summed E-state index contributed by atoms with van der Waals surface area (Å²) >= 11 is 1.76. The molecule has 0 saturated carbocycles. The molecular formula is C16H22N2OS. The van der Waals surface area contributed by atoms with Crippen LogP contribution in [0.2, 0.25) is 0 Å². The number of hydrogen-bond acceptors (Lipinski definition) is 3. The summed E-state index contributed by atoms with van der Waals surface area (Å²) in [6.45, 7) is 4.17. The van der Waals surface area contributed by atoms with Gasteiger partial charge in [0.05, 0.1) is 4.88 Å². The number of carbonyl (C=O) groups excluding carboxylic acids is 1. The highest BCUT2D eigenvalue weighted by atomic mass is 32.1. The maximum atomic E-state index is 12.7. The van der Waals surface area contributed by atoms with E-state index in [2.05, 4.69) is 15.9 Å². The van der Waals surface area contributed by atoms with Crippen molar-refractivity contribution in [2.24, 2.45) is 0 Å². The molecular weight excluding hydrogens is 268 g/mol. The Kier molecular flexibility index (Phi) is 3.31. The van der Waals surface area contributed by atoms with E-state index in [0.717, 1.165) is 24.5 Å². The lowest BCUT2D eigenvalue weighted by molar-refractivity contribution is 0.0576. The minimum Gasteiger partial charge on any atom is -0.335 e. The van der Waals surface area contributed by atoms with Crippen molar-refractivity contribution in [3.05, 3.63) is 21.4 Å². The highest BCUT2D eigenvalue weighted by molar-refractivity contribution is 7.14. The number of nitrogens with zero attached hydrogens (tertiary/aromatic N) is 2. The van der Waals surface area contributed by atoms with Crippen molar-refractivity contribution in [1.29, 1.82) is 0 Å². The van der Waals surface area contributed by atoms with E-state index in [-0.39, 0.29) is 5.91 Å². The smallest absolute Gasteiger partial charge is 0.264 e. The standard InChI is InChI=1S/C16H22N2OS/c19-16(15-10-12-4-1-2-6-14(12)20-15)18-9-8-17-7-3-5-13(17)11-18/h10,13H,1-9,11H2/t13-/m1/s1. The normalized spacial score (nSPS) is 26.4. The molecule has 3 nitrogen and oxygen atoms in total. The van der Waals surface area contributed by atoms with E-state index in [1.807, 2.05) is 0 Å². The lowest BCUT2D eigenvalue weighted by Crippen LogP contribution is -2.51. The van der Waals surface area contributed by atoms with E-state index < -0.39 is 0 Å². The average molecular weight is 290 g/mol. The number of thiophene rings is 1. The zero-order valence-corrected chi connectivity index (χ0v) is 12.8. The second-order valence-corrected chi connectivity index (χ2v) is 7.49. The van der Waals surface area contributed by atoms with Crippen LogP contribution >= 0.6 is 11.3 Å². The Balaban J connectivity index is 1.50. The monoisotopic (exact) mass is 290 g/mol. The fraction of sp³-hybridized carbons (Fsp3) is 0.688. The van der Waals surface area contributed by atoms with Crippen molar-refractivity contribution >= 4 is 17.2 Å². The fourth-order valence-corrected chi connectivity index (χ4v) is 5.15. The molecule has 0 aromatic carbocycles. The summed E-state index contributed by atoms with van der Waals surface area (Å²) in [4.78, 5) is 19.8. The van der Waals surface area contributed by atoms with Crippen LogP contribution in [0.4, 0.5) is 0 Å². The molecule has 1 aliphatic carbocycles. The van der Waals surface area contributed by atoms with Gasteiger partial charge >= 0.3 is 0 Å². The Bertz CT molecular complexity index is 501. The van der Waals surface area contributed by atoms with Crippen molar-refractivity contribution in [3.63, 3.8) is 0 Å². The number of hydrogen-bond donors (Lipinski definition) is 0. The molecule has 0 spiro atoms. The summed E-state index contributed by atoms with van der Waals surface area (Å²) in [6, 6.07) is 2.81. The van der Waals surface area contributed by atoms with Gasteiger partial charge in [-0.3, -0.25) is 9.69 Å². The number of aryl methyl sites for hydroxylation is 2. The number of carbonyl (C=O) groups is 1. The molecule has 0 bridgehead atoms. The average Bonchev–Trinajstić information content (AvgIpc) is 3.11. The van der Waals surface area contributed by atoms with Crippen molar-refractivity contribution in [3.8, 4) is 0 Å². The van der Waals surface area contributed by atoms with Gasteiger partial charge in [-0.1, -0.05) is 0 Å². The lowest BCUT2D eigenvalue weighted by Gasteiger charge is -2.37. The Labute approximate surface area is 124 Å². The third kappa shape index (κ3) is 2.19. The minimum absolute atomic E-state index is 0.288. The van der Waals surface area contributed by atoms with Crippen molar-refractivity contribution in [1.82, 2.24) is 9.80 Å². The summed E-state index contributed by atoms with van der Waals surface area (Å²) in [5, 5.41) is 0. The number of rotatable bonds is 1. The molecule has 108 valence electrons. The van der Waals surface area contributed by atoms with Crippen molar-refractivity contribution in [2.75, 3.05) is 26.2 Å². The Morgan fingerprint density at radius 1 is 1.15 bits per heavy atom. The van der Waals surface area contributed by atoms with Crippen LogP contribution in [0.3, 0.4) is 0 Å². The fourth-order valence-electron chi connectivity index (χ4n) is 3.93. The Morgan fingerprint density at radius 2 is 2.05 bits per heavy atom. The van der Waals surface area contributed by atoms with Crippen LogP contribution in [-0.4, -0.2) is 47.9 Å². The molecule has 3 aliphatic rings. The Morgan fingerprint density at radius 3 is 2.95 bits per heavy atom. The van der Waals surface area contributed by atoms with E-state index >= 15 is 0 Å². The first kappa shape index (κ1) is 12.8. The molecule has 2 saturated heterocycles. The third-order valence-corrected chi connectivity index (χ3v) is 6.31. The quantitative estimate of drug-likeness (QED) is 0.793. The molecule has 0 N–H and O–H groups in total. The first-order valence-corrected chi connectivity index (χ1v) is 8.78. The molecule has 20 heavy (non-hydrogen) atoms. The molecule has 3 heterocycles. The summed E-state index contributed by atoms with van der Waals surface area (Å²) < 4.78 is 0. The zero-order chi connectivity index (χ0) is 13.5. The van der Waals surface area contributed by atoms with Gasteiger partial charge in [0.1, 0.15) is 0 Å². The second kappa shape index (κ2) is 5.15. The van der Waals surface area contributed by atoms with Gasteiger partial charge in [-0.05, 0) is 56.7 Å². The van der Waals surface area contributed by atoms with Crippen LogP contribution < -0.4 is 0 Å². The van der Waals surface area contributed by atoms with Crippen molar-refractivity contribution < 1.29 is 4.79 Å². The maximum Gasteiger partial charge on any atom is 0.264 e. The zero-order valence-electron chi connectivity index (χ0n) is 11.9. The van der Waals surface area contributed by atoms with E-state index in [1.165, 1.54) is 55.5 Å². The van der Waals surface area contributed by atoms with Crippen LogP contribution in [0.1, 0.15) is 45.8 Å². The second-order valence-electron chi connectivity index (χ2n) is 6.35. The maximum absolute atomic E-state index is 12.7. The number of amides is 1. The molecule has 1 atom stereocenters.